The summed E-state index contributed by atoms with van der Waals surface area (Å²) < 4.78 is 5.64. The van der Waals surface area contributed by atoms with Crippen LogP contribution in [0.2, 0.25) is 0 Å². The molecule has 0 amide bonds. The molecule has 0 saturated heterocycles. The van der Waals surface area contributed by atoms with Gasteiger partial charge in [-0.25, -0.2) is 0 Å². The smallest absolute Gasteiger partial charge is 0.0727 e. The fourth-order valence-corrected chi connectivity index (χ4v) is 1.84. The first kappa shape index (κ1) is 8.69. The highest BCUT2D eigenvalue weighted by Gasteiger charge is 2.15. The van der Waals surface area contributed by atoms with Crippen molar-refractivity contribution in [2.75, 3.05) is 0 Å². The molecule has 1 aromatic carbocycles. The van der Waals surface area contributed by atoms with Gasteiger partial charge in [-0.15, -0.1) is 0 Å². The van der Waals surface area contributed by atoms with E-state index in [9.17, 15) is 0 Å². The van der Waals surface area contributed by atoms with Crippen LogP contribution in [0.5, 0.6) is 0 Å². The van der Waals surface area contributed by atoms with Gasteiger partial charge in [0.15, 0.2) is 0 Å². The van der Waals surface area contributed by atoms with E-state index in [2.05, 4.69) is 30.3 Å². The van der Waals surface area contributed by atoms with Crippen LogP contribution >= 0.6 is 0 Å². The van der Waals surface area contributed by atoms with Crippen molar-refractivity contribution in [2.45, 2.75) is 13.2 Å². The third kappa shape index (κ3) is 1.55. The quantitative estimate of drug-likeness (QED) is 0.621. The molecule has 0 aromatic heterocycles. The Morgan fingerprint density at radius 3 is 2.33 bits per heavy atom. The molecule has 3 rings (SSSR count). The molecule has 15 heavy (non-hydrogen) atoms. The number of ether oxygens (including phenoxy) is 1. The fourth-order valence-electron chi connectivity index (χ4n) is 1.84. The summed E-state index contributed by atoms with van der Waals surface area (Å²) in [6.45, 7) is 1.43. The number of rotatable bonds is 4. The van der Waals surface area contributed by atoms with Crippen LogP contribution in [0, 0.1) is 0 Å². The Kier molecular flexibility index (Phi) is 2.04. The molecule has 0 saturated carbocycles. The van der Waals surface area contributed by atoms with E-state index in [-0.39, 0.29) is 0 Å². The van der Waals surface area contributed by atoms with E-state index in [0.29, 0.717) is 6.61 Å². The maximum atomic E-state index is 5.64. The van der Waals surface area contributed by atoms with Gasteiger partial charge in [-0.05, 0) is 28.3 Å². The maximum Gasteiger partial charge on any atom is 0.0727 e. The Labute approximate surface area is 89.3 Å². The molecule has 2 aliphatic rings. The summed E-state index contributed by atoms with van der Waals surface area (Å²) in [4.78, 5) is 0. The number of hydrogen-bond acceptors (Lipinski definition) is 1. The van der Waals surface area contributed by atoms with Crippen LogP contribution in [0.1, 0.15) is 11.1 Å². The molecule has 2 aliphatic carbocycles. The average molecular weight is 196 g/mol. The van der Waals surface area contributed by atoms with E-state index < -0.39 is 0 Å². The molecule has 74 valence electrons. The van der Waals surface area contributed by atoms with E-state index in [4.69, 9.17) is 4.74 Å². The van der Waals surface area contributed by atoms with Crippen molar-refractivity contribution in [1.29, 1.82) is 0 Å². The molecule has 0 heterocycles. The van der Waals surface area contributed by atoms with Crippen LogP contribution in [0.4, 0.5) is 0 Å². The van der Waals surface area contributed by atoms with Gasteiger partial charge in [0.1, 0.15) is 0 Å². The molecular weight excluding hydrogens is 184 g/mol. The van der Waals surface area contributed by atoms with Crippen LogP contribution in [-0.4, -0.2) is 0 Å². The Balaban J connectivity index is 1.53. The summed E-state index contributed by atoms with van der Waals surface area (Å²) in [5.41, 5.74) is 5.34. The van der Waals surface area contributed by atoms with Crippen LogP contribution in [-0.2, 0) is 18.0 Å². The van der Waals surface area contributed by atoms with E-state index in [1.807, 2.05) is 18.2 Å². The lowest BCUT2D eigenvalue weighted by molar-refractivity contribution is 0.107. The summed E-state index contributed by atoms with van der Waals surface area (Å²) in [5, 5.41) is 0. The predicted molar refractivity (Wildman–Crippen MR) is 60.4 cm³/mol. The molecule has 0 N–H and O–H groups in total. The topological polar surface area (TPSA) is 9.23 Å². The van der Waals surface area contributed by atoms with Gasteiger partial charge < -0.3 is 4.74 Å². The van der Waals surface area contributed by atoms with Crippen molar-refractivity contribution in [3.05, 3.63) is 59.7 Å². The molecule has 0 aliphatic heterocycles. The second kappa shape index (κ2) is 3.52. The third-order valence-electron chi connectivity index (χ3n) is 2.79. The minimum Gasteiger partial charge on any atom is -0.372 e. The Morgan fingerprint density at radius 1 is 0.867 bits per heavy atom. The normalized spacial score (nSPS) is 11.5. The second-order valence-electron chi connectivity index (χ2n) is 3.85. The molecule has 0 fully saturated rings. The summed E-state index contributed by atoms with van der Waals surface area (Å²) >= 11 is 0. The molecule has 1 nitrogen and oxygen atoms in total. The third-order valence-corrected chi connectivity index (χ3v) is 2.79. The van der Waals surface area contributed by atoms with Crippen molar-refractivity contribution < 1.29 is 4.74 Å². The molecule has 0 unspecified atom stereocenters. The number of hydrogen-bond donors (Lipinski definition) is 0. The van der Waals surface area contributed by atoms with Crippen LogP contribution in [0.15, 0.2) is 48.5 Å². The van der Waals surface area contributed by atoms with Gasteiger partial charge in [0.2, 0.25) is 0 Å². The minimum absolute atomic E-state index is 0.699. The minimum atomic E-state index is 0.699. The number of fused-ring (bicyclic) bond motifs is 1. The van der Waals surface area contributed by atoms with Crippen LogP contribution in [0.25, 0.3) is 11.1 Å². The lowest BCUT2D eigenvalue weighted by Gasteiger charge is -2.20. The zero-order valence-corrected chi connectivity index (χ0v) is 8.44. The summed E-state index contributed by atoms with van der Waals surface area (Å²) in [5.74, 6) is 0. The lowest BCUT2D eigenvalue weighted by atomic mass is 9.87. The van der Waals surface area contributed by atoms with Gasteiger partial charge in [-0.2, -0.15) is 0 Å². The zero-order valence-electron chi connectivity index (χ0n) is 8.44. The average Bonchev–Trinajstić information content (AvgIpc) is 2.26. The molecule has 1 heteroatoms. The monoisotopic (exact) mass is 196 g/mol. The van der Waals surface area contributed by atoms with Gasteiger partial charge >= 0.3 is 0 Å². The number of benzene rings is 2. The highest BCUT2D eigenvalue weighted by molar-refractivity contribution is 5.80. The van der Waals surface area contributed by atoms with Gasteiger partial charge in [-0.3, -0.25) is 0 Å². The molecule has 0 spiro atoms. The molecule has 1 aromatic rings. The first-order valence-corrected chi connectivity index (χ1v) is 5.18. The lowest BCUT2D eigenvalue weighted by Crippen LogP contribution is -2.03. The largest absolute Gasteiger partial charge is 0.372 e. The van der Waals surface area contributed by atoms with Crippen molar-refractivity contribution in [1.82, 2.24) is 0 Å². The van der Waals surface area contributed by atoms with Gasteiger partial charge in [0.25, 0.3) is 0 Å². The first-order valence-electron chi connectivity index (χ1n) is 5.18. The standard InChI is InChI=1S/C14H12O/c1-2-4-11(5-3-1)9-15-10-13-8-12-6-7-14(12)13/h1-8H,9-10H2. The second-order valence-corrected chi connectivity index (χ2v) is 3.85. The maximum absolute atomic E-state index is 5.64. The van der Waals surface area contributed by atoms with E-state index in [1.165, 1.54) is 22.3 Å². The first-order chi connectivity index (χ1) is 7.43. The van der Waals surface area contributed by atoms with Crippen molar-refractivity contribution >= 4 is 0 Å². The highest BCUT2D eigenvalue weighted by Crippen LogP contribution is 2.36. The van der Waals surface area contributed by atoms with E-state index >= 15 is 0 Å². The van der Waals surface area contributed by atoms with Crippen molar-refractivity contribution in [3.63, 3.8) is 0 Å². The van der Waals surface area contributed by atoms with Gasteiger partial charge in [0.05, 0.1) is 13.2 Å². The fraction of sp³-hybridized carbons (Fsp3) is 0.143. The summed E-state index contributed by atoms with van der Waals surface area (Å²) in [6, 6.07) is 16.8. The van der Waals surface area contributed by atoms with E-state index in [1.54, 1.807) is 0 Å². The summed E-state index contributed by atoms with van der Waals surface area (Å²) in [7, 11) is 0. The Morgan fingerprint density at radius 2 is 1.73 bits per heavy atom. The highest BCUT2D eigenvalue weighted by atomic mass is 16.5. The molecule has 0 bridgehead atoms. The Bertz CT molecular complexity index is 466. The van der Waals surface area contributed by atoms with Gasteiger partial charge in [0, 0.05) is 0 Å². The van der Waals surface area contributed by atoms with Crippen LogP contribution < -0.4 is 0 Å². The van der Waals surface area contributed by atoms with Crippen molar-refractivity contribution in [3.8, 4) is 11.1 Å². The zero-order chi connectivity index (χ0) is 10.1. The summed E-state index contributed by atoms with van der Waals surface area (Å²) in [6.07, 6.45) is 0. The van der Waals surface area contributed by atoms with E-state index in [0.717, 1.165) is 6.61 Å². The van der Waals surface area contributed by atoms with Crippen LogP contribution in [0.3, 0.4) is 0 Å². The SMILES string of the molecule is c1ccc(COCc2cc3ccc2-3)cc1. The molecule has 0 radical (unpaired) electrons. The molecule has 0 atom stereocenters. The Hall–Kier alpha value is -1.60. The molecular formula is C14H12O. The predicted octanol–water partition coefficient (Wildman–Crippen LogP) is 3.38. The van der Waals surface area contributed by atoms with Gasteiger partial charge in [-0.1, -0.05) is 42.5 Å². The van der Waals surface area contributed by atoms with Crippen molar-refractivity contribution in [2.24, 2.45) is 0 Å².